The average Bonchev–Trinajstić information content (AvgIpc) is 2.54. The van der Waals surface area contributed by atoms with Gasteiger partial charge in [-0.2, -0.15) is 0 Å². The Hall–Kier alpha value is -2.14. The molecule has 0 unspecified atom stereocenters. The number of carbonyl (C=O) groups is 1. The largest absolute Gasteiger partial charge is 0.445 e. The minimum Gasteiger partial charge on any atom is -0.445 e. The Morgan fingerprint density at radius 2 is 2.10 bits per heavy atom. The molecule has 0 fully saturated rings. The number of fused-ring (bicyclic) bond motifs is 1. The normalized spacial score (nSPS) is 13.7. The van der Waals surface area contributed by atoms with Gasteiger partial charge in [-0.05, 0) is 5.56 Å². The first-order valence-electron chi connectivity index (χ1n) is 6.68. The minimum absolute atomic E-state index is 0.266. The van der Waals surface area contributed by atoms with Crippen LogP contribution in [0.3, 0.4) is 0 Å². The van der Waals surface area contributed by atoms with Gasteiger partial charge in [0.15, 0.2) is 0 Å². The summed E-state index contributed by atoms with van der Waals surface area (Å²) in [5.41, 5.74) is 2.67. The molecule has 2 aromatic rings. The van der Waals surface area contributed by atoms with Crippen LogP contribution in [-0.2, 0) is 24.3 Å². The van der Waals surface area contributed by atoms with Crippen LogP contribution in [0.5, 0.6) is 0 Å². The van der Waals surface area contributed by atoms with Crippen molar-refractivity contribution in [1.29, 1.82) is 0 Å². The van der Waals surface area contributed by atoms with Gasteiger partial charge in [0.2, 0.25) is 0 Å². The summed E-state index contributed by atoms with van der Waals surface area (Å²) in [5, 5.41) is 0.403. The lowest BCUT2D eigenvalue weighted by Crippen LogP contribution is -2.37. The average molecular weight is 304 g/mol. The molecule has 2 heterocycles. The van der Waals surface area contributed by atoms with Crippen LogP contribution < -0.4 is 0 Å². The number of ether oxygens (including phenoxy) is 1. The molecule has 1 amide bonds. The van der Waals surface area contributed by atoms with E-state index in [4.69, 9.17) is 16.3 Å². The smallest absolute Gasteiger partial charge is 0.410 e. The van der Waals surface area contributed by atoms with Gasteiger partial charge in [0.1, 0.15) is 18.1 Å². The van der Waals surface area contributed by atoms with Crippen molar-refractivity contribution in [2.45, 2.75) is 19.6 Å². The van der Waals surface area contributed by atoms with Crippen LogP contribution in [0.25, 0.3) is 0 Å². The molecule has 1 aromatic heterocycles. The molecule has 1 aliphatic heterocycles. The van der Waals surface area contributed by atoms with Gasteiger partial charge < -0.3 is 9.64 Å². The van der Waals surface area contributed by atoms with Gasteiger partial charge in [0.25, 0.3) is 0 Å². The van der Waals surface area contributed by atoms with Gasteiger partial charge in [0, 0.05) is 18.5 Å². The summed E-state index contributed by atoms with van der Waals surface area (Å²) < 4.78 is 5.33. The summed E-state index contributed by atoms with van der Waals surface area (Å²) in [6.45, 7) is 1.23. The Bertz CT molecular complexity index is 649. The number of carbonyl (C=O) groups excluding carboxylic acids is 1. The predicted molar refractivity (Wildman–Crippen MR) is 77.8 cm³/mol. The fourth-order valence-corrected chi connectivity index (χ4v) is 2.49. The van der Waals surface area contributed by atoms with Gasteiger partial charge in [-0.15, -0.1) is 0 Å². The molecule has 0 radical (unpaired) electrons. The molecule has 1 aliphatic rings. The Balaban J connectivity index is 1.63. The second-order valence-electron chi connectivity index (χ2n) is 4.80. The highest BCUT2D eigenvalue weighted by molar-refractivity contribution is 6.30. The SMILES string of the molecule is O=C(OCc1ccccc1)N1CCc2ncnc(Cl)c2C1. The van der Waals surface area contributed by atoms with Crippen LogP contribution in [0.1, 0.15) is 16.8 Å². The van der Waals surface area contributed by atoms with Crippen molar-refractivity contribution in [2.75, 3.05) is 6.54 Å². The Morgan fingerprint density at radius 1 is 1.29 bits per heavy atom. The van der Waals surface area contributed by atoms with Gasteiger partial charge >= 0.3 is 6.09 Å². The Labute approximate surface area is 127 Å². The molecule has 1 aromatic carbocycles. The Morgan fingerprint density at radius 3 is 2.90 bits per heavy atom. The van der Waals surface area contributed by atoms with Gasteiger partial charge in [-0.1, -0.05) is 41.9 Å². The van der Waals surface area contributed by atoms with Crippen LogP contribution in [-0.4, -0.2) is 27.5 Å². The molecule has 21 heavy (non-hydrogen) atoms. The minimum atomic E-state index is -0.343. The lowest BCUT2D eigenvalue weighted by molar-refractivity contribution is 0.0915. The van der Waals surface area contributed by atoms with Crippen molar-refractivity contribution >= 4 is 17.7 Å². The first-order valence-corrected chi connectivity index (χ1v) is 7.05. The summed E-state index contributed by atoms with van der Waals surface area (Å²) in [7, 11) is 0. The zero-order valence-corrected chi connectivity index (χ0v) is 12.1. The summed E-state index contributed by atoms with van der Waals surface area (Å²) in [6, 6.07) is 9.59. The summed E-state index contributed by atoms with van der Waals surface area (Å²) in [5.74, 6) is 0. The molecule has 0 spiro atoms. The first kappa shape index (κ1) is 13.8. The highest BCUT2D eigenvalue weighted by atomic mass is 35.5. The third kappa shape index (κ3) is 3.13. The van der Waals surface area contributed by atoms with E-state index < -0.39 is 0 Å². The van der Waals surface area contributed by atoms with E-state index in [2.05, 4.69) is 9.97 Å². The Kier molecular flexibility index (Phi) is 4.01. The lowest BCUT2D eigenvalue weighted by Gasteiger charge is -2.27. The quantitative estimate of drug-likeness (QED) is 0.801. The maximum absolute atomic E-state index is 12.1. The van der Waals surface area contributed by atoms with Crippen LogP contribution >= 0.6 is 11.6 Å². The van der Waals surface area contributed by atoms with E-state index in [9.17, 15) is 4.79 Å². The molecule has 0 atom stereocenters. The number of nitrogens with zero attached hydrogens (tertiary/aromatic N) is 3. The van der Waals surface area contributed by atoms with Crippen molar-refractivity contribution in [3.05, 3.63) is 58.6 Å². The standard InChI is InChI=1S/C15H14ClN3O2/c16-14-12-8-19(7-6-13(12)17-10-18-14)15(20)21-9-11-4-2-1-3-5-11/h1-5,10H,6-9H2. The van der Waals surface area contributed by atoms with Crippen molar-refractivity contribution in [1.82, 2.24) is 14.9 Å². The molecule has 3 rings (SSSR count). The number of aromatic nitrogens is 2. The zero-order valence-electron chi connectivity index (χ0n) is 11.3. The maximum Gasteiger partial charge on any atom is 0.410 e. The van der Waals surface area contributed by atoms with Crippen LogP contribution in [0, 0.1) is 0 Å². The molecule has 0 N–H and O–H groups in total. The van der Waals surface area contributed by atoms with Gasteiger partial charge in [-0.25, -0.2) is 14.8 Å². The van der Waals surface area contributed by atoms with Crippen LogP contribution in [0.2, 0.25) is 5.15 Å². The lowest BCUT2D eigenvalue weighted by atomic mass is 10.1. The second-order valence-corrected chi connectivity index (χ2v) is 5.16. The highest BCUT2D eigenvalue weighted by Crippen LogP contribution is 2.23. The van der Waals surface area contributed by atoms with E-state index in [1.54, 1.807) is 4.90 Å². The van der Waals surface area contributed by atoms with Gasteiger partial charge in [0.05, 0.1) is 12.2 Å². The molecule has 0 aliphatic carbocycles. The molecular formula is C15H14ClN3O2. The molecule has 0 bridgehead atoms. The fourth-order valence-electron chi connectivity index (χ4n) is 2.27. The first-order chi connectivity index (χ1) is 10.2. The molecular weight excluding hydrogens is 290 g/mol. The van der Waals surface area contributed by atoms with Crippen molar-refractivity contribution in [3.8, 4) is 0 Å². The van der Waals surface area contributed by atoms with Crippen molar-refractivity contribution in [2.24, 2.45) is 0 Å². The van der Waals surface area contributed by atoms with E-state index in [0.717, 1.165) is 16.8 Å². The monoisotopic (exact) mass is 303 g/mol. The molecule has 0 saturated carbocycles. The molecule has 5 nitrogen and oxygen atoms in total. The third-order valence-electron chi connectivity index (χ3n) is 3.41. The number of hydrogen-bond donors (Lipinski definition) is 0. The number of benzene rings is 1. The number of hydrogen-bond acceptors (Lipinski definition) is 4. The predicted octanol–water partition coefficient (Wildman–Crippen LogP) is 2.82. The van der Waals surface area contributed by atoms with E-state index in [1.807, 2.05) is 30.3 Å². The van der Waals surface area contributed by atoms with E-state index in [0.29, 0.717) is 24.7 Å². The fraction of sp³-hybridized carbons (Fsp3) is 0.267. The second kappa shape index (κ2) is 6.10. The number of halogens is 1. The summed E-state index contributed by atoms with van der Waals surface area (Å²) in [4.78, 5) is 21.9. The van der Waals surface area contributed by atoms with Crippen LogP contribution in [0.4, 0.5) is 4.79 Å². The van der Waals surface area contributed by atoms with E-state index in [1.165, 1.54) is 6.33 Å². The van der Waals surface area contributed by atoms with Gasteiger partial charge in [-0.3, -0.25) is 0 Å². The summed E-state index contributed by atoms with van der Waals surface area (Å²) >= 11 is 6.06. The molecule has 6 heteroatoms. The summed E-state index contributed by atoms with van der Waals surface area (Å²) in [6.07, 6.45) is 1.77. The van der Waals surface area contributed by atoms with E-state index >= 15 is 0 Å². The third-order valence-corrected chi connectivity index (χ3v) is 3.74. The topological polar surface area (TPSA) is 55.3 Å². The maximum atomic E-state index is 12.1. The highest BCUT2D eigenvalue weighted by Gasteiger charge is 2.24. The number of rotatable bonds is 2. The molecule has 108 valence electrons. The van der Waals surface area contributed by atoms with Crippen molar-refractivity contribution < 1.29 is 9.53 Å². The zero-order chi connectivity index (χ0) is 14.7. The van der Waals surface area contributed by atoms with Crippen LogP contribution in [0.15, 0.2) is 36.7 Å². The van der Waals surface area contributed by atoms with Crippen molar-refractivity contribution in [3.63, 3.8) is 0 Å². The van der Waals surface area contributed by atoms with E-state index in [-0.39, 0.29) is 12.7 Å². The molecule has 0 saturated heterocycles. The number of amides is 1.